The fourth-order valence-electron chi connectivity index (χ4n) is 4.47. The van der Waals surface area contributed by atoms with Crippen LogP contribution in [0.1, 0.15) is 50.5 Å². The molecular weight excluding hydrogens is 394 g/mol. The van der Waals surface area contributed by atoms with Gasteiger partial charge in [-0.3, -0.25) is 9.79 Å². The van der Waals surface area contributed by atoms with Gasteiger partial charge in [0.1, 0.15) is 0 Å². The molecule has 0 spiro atoms. The number of hydrogen-bond acceptors (Lipinski definition) is 4. The molecule has 2 heterocycles. The number of benzene rings is 1. The molecule has 1 aromatic carbocycles. The SMILES string of the molecule is CCNC(=NCCCc1nc2ccccc2s1)NC1CCN(C(=O)C2CCCC2)C1. The lowest BCUT2D eigenvalue weighted by molar-refractivity contribution is -0.134. The van der Waals surface area contributed by atoms with Crippen LogP contribution in [0.15, 0.2) is 29.3 Å². The normalized spacial score (nSPS) is 20.2. The fourth-order valence-corrected chi connectivity index (χ4v) is 5.48. The van der Waals surface area contributed by atoms with Gasteiger partial charge in [-0.1, -0.05) is 25.0 Å². The number of fused-ring (bicyclic) bond motifs is 1. The summed E-state index contributed by atoms with van der Waals surface area (Å²) in [6, 6.07) is 8.59. The van der Waals surface area contributed by atoms with Crippen LogP contribution >= 0.6 is 11.3 Å². The number of carbonyl (C=O) groups is 1. The lowest BCUT2D eigenvalue weighted by atomic mass is 10.1. The average Bonchev–Trinajstić information content (AvgIpc) is 3.51. The van der Waals surface area contributed by atoms with Crippen LogP contribution in [-0.2, 0) is 11.2 Å². The molecule has 162 valence electrons. The molecule has 4 rings (SSSR count). The highest BCUT2D eigenvalue weighted by atomic mass is 32.1. The monoisotopic (exact) mass is 427 g/mol. The second-order valence-electron chi connectivity index (χ2n) is 8.34. The molecule has 2 fully saturated rings. The smallest absolute Gasteiger partial charge is 0.225 e. The van der Waals surface area contributed by atoms with Gasteiger partial charge in [0, 0.05) is 44.6 Å². The maximum atomic E-state index is 12.7. The van der Waals surface area contributed by atoms with Gasteiger partial charge in [-0.25, -0.2) is 4.98 Å². The number of nitrogens with zero attached hydrogens (tertiary/aromatic N) is 3. The molecule has 1 saturated heterocycles. The number of aromatic nitrogens is 1. The third-order valence-corrected chi connectivity index (χ3v) is 7.14. The van der Waals surface area contributed by atoms with Crippen LogP contribution in [0, 0.1) is 5.92 Å². The van der Waals surface area contributed by atoms with Crippen LogP contribution in [0.3, 0.4) is 0 Å². The predicted molar refractivity (Wildman–Crippen MR) is 124 cm³/mol. The fraction of sp³-hybridized carbons (Fsp3) is 0.609. The van der Waals surface area contributed by atoms with E-state index in [0.29, 0.717) is 5.91 Å². The van der Waals surface area contributed by atoms with Gasteiger partial charge in [-0.2, -0.15) is 0 Å². The zero-order chi connectivity index (χ0) is 20.8. The van der Waals surface area contributed by atoms with E-state index in [0.717, 1.165) is 69.8 Å². The molecule has 1 aliphatic heterocycles. The van der Waals surface area contributed by atoms with E-state index in [9.17, 15) is 4.79 Å². The quantitative estimate of drug-likeness (QED) is 0.403. The van der Waals surface area contributed by atoms with Crippen molar-refractivity contribution in [3.8, 4) is 0 Å². The summed E-state index contributed by atoms with van der Waals surface area (Å²) in [6.07, 6.45) is 7.50. The number of rotatable bonds is 7. The van der Waals surface area contributed by atoms with E-state index in [1.807, 2.05) is 6.07 Å². The molecule has 1 amide bonds. The van der Waals surface area contributed by atoms with Gasteiger partial charge in [-0.15, -0.1) is 11.3 Å². The van der Waals surface area contributed by atoms with Crippen molar-refractivity contribution in [1.29, 1.82) is 0 Å². The lowest BCUT2D eigenvalue weighted by Crippen LogP contribution is -2.45. The minimum Gasteiger partial charge on any atom is -0.357 e. The van der Waals surface area contributed by atoms with Crippen molar-refractivity contribution >= 4 is 33.4 Å². The van der Waals surface area contributed by atoms with Crippen LogP contribution < -0.4 is 10.6 Å². The lowest BCUT2D eigenvalue weighted by Gasteiger charge is -2.21. The Balaban J connectivity index is 1.24. The Morgan fingerprint density at radius 3 is 2.90 bits per heavy atom. The second kappa shape index (κ2) is 10.2. The minimum absolute atomic E-state index is 0.271. The van der Waals surface area contributed by atoms with Crippen molar-refractivity contribution in [3.63, 3.8) is 0 Å². The summed E-state index contributed by atoms with van der Waals surface area (Å²) >= 11 is 1.78. The first-order valence-corrected chi connectivity index (χ1v) is 12.2. The Kier molecular flexibility index (Phi) is 7.20. The van der Waals surface area contributed by atoms with Gasteiger partial charge < -0.3 is 15.5 Å². The molecule has 0 bridgehead atoms. The number of likely N-dealkylation sites (tertiary alicyclic amines) is 1. The van der Waals surface area contributed by atoms with Gasteiger partial charge in [-0.05, 0) is 44.7 Å². The van der Waals surface area contributed by atoms with Crippen molar-refractivity contribution in [2.45, 2.75) is 57.9 Å². The molecule has 6 nitrogen and oxygen atoms in total. The van der Waals surface area contributed by atoms with E-state index in [4.69, 9.17) is 9.98 Å². The van der Waals surface area contributed by atoms with Crippen molar-refractivity contribution < 1.29 is 4.79 Å². The number of amides is 1. The summed E-state index contributed by atoms with van der Waals surface area (Å²) in [7, 11) is 0. The second-order valence-corrected chi connectivity index (χ2v) is 9.45. The number of carbonyl (C=O) groups excluding carboxylic acids is 1. The first-order valence-electron chi connectivity index (χ1n) is 11.4. The van der Waals surface area contributed by atoms with Crippen molar-refractivity contribution in [3.05, 3.63) is 29.3 Å². The molecule has 2 N–H and O–H groups in total. The van der Waals surface area contributed by atoms with Gasteiger partial charge >= 0.3 is 0 Å². The van der Waals surface area contributed by atoms with E-state index in [1.165, 1.54) is 22.5 Å². The van der Waals surface area contributed by atoms with Crippen molar-refractivity contribution in [2.24, 2.45) is 10.9 Å². The summed E-state index contributed by atoms with van der Waals surface area (Å²) in [5.74, 6) is 1.50. The number of thiazole rings is 1. The highest BCUT2D eigenvalue weighted by Gasteiger charge is 2.32. The zero-order valence-corrected chi connectivity index (χ0v) is 18.7. The molecule has 1 saturated carbocycles. The molecule has 30 heavy (non-hydrogen) atoms. The molecule has 1 aromatic heterocycles. The molecule has 2 aliphatic rings. The topological polar surface area (TPSA) is 69.6 Å². The Morgan fingerprint density at radius 2 is 2.10 bits per heavy atom. The summed E-state index contributed by atoms with van der Waals surface area (Å²) in [6.45, 7) is 5.35. The first-order chi connectivity index (χ1) is 14.7. The van der Waals surface area contributed by atoms with Gasteiger partial charge in [0.25, 0.3) is 0 Å². The highest BCUT2D eigenvalue weighted by Crippen LogP contribution is 2.28. The number of aliphatic imine (C=N–C) groups is 1. The largest absolute Gasteiger partial charge is 0.357 e. The number of nitrogens with one attached hydrogen (secondary N) is 2. The van der Waals surface area contributed by atoms with Crippen molar-refractivity contribution in [2.75, 3.05) is 26.2 Å². The highest BCUT2D eigenvalue weighted by molar-refractivity contribution is 7.18. The number of guanidine groups is 1. The number of hydrogen-bond donors (Lipinski definition) is 2. The van der Waals surface area contributed by atoms with Crippen LogP contribution in [-0.4, -0.2) is 54.0 Å². The Morgan fingerprint density at radius 1 is 1.27 bits per heavy atom. The molecule has 7 heteroatoms. The zero-order valence-electron chi connectivity index (χ0n) is 17.9. The van der Waals surface area contributed by atoms with Crippen LogP contribution in [0.2, 0.25) is 0 Å². The van der Waals surface area contributed by atoms with Crippen LogP contribution in [0.4, 0.5) is 0 Å². The molecule has 1 atom stereocenters. The third kappa shape index (κ3) is 5.31. The summed E-state index contributed by atoms with van der Waals surface area (Å²) < 4.78 is 1.25. The number of para-hydroxylation sites is 1. The molecule has 1 unspecified atom stereocenters. The Bertz CT molecular complexity index is 840. The molecular formula is C23H33N5OS. The Labute approximate surface area is 183 Å². The van der Waals surface area contributed by atoms with E-state index >= 15 is 0 Å². The molecule has 0 radical (unpaired) electrons. The summed E-state index contributed by atoms with van der Waals surface area (Å²) in [5.41, 5.74) is 1.09. The number of aryl methyl sites for hydroxylation is 1. The van der Waals surface area contributed by atoms with Crippen LogP contribution in [0.5, 0.6) is 0 Å². The summed E-state index contributed by atoms with van der Waals surface area (Å²) in [5, 5.41) is 8.08. The Hall–Kier alpha value is -2.15. The average molecular weight is 428 g/mol. The van der Waals surface area contributed by atoms with Crippen molar-refractivity contribution in [1.82, 2.24) is 20.5 Å². The van der Waals surface area contributed by atoms with Crippen LogP contribution in [0.25, 0.3) is 10.2 Å². The summed E-state index contributed by atoms with van der Waals surface area (Å²) in [4.78, 5) is 24.2. The maximum Gasteiger partial charge on any atom is 0.225 e. The van der Waals surface area contributed by atoms with E-state index in [1.54, 1.807) is 11.3 Å². The molecule has 1 aliphatic carbocycles. The molecule has 2 aromatic rings. The van der Waals surface area contributed by atoms with Gasteiger partial charge in [0.15, 0.2) is 5.96 Å². The van der Waals surface area contributed by atoms with Gasteiger partial charge in [0.2, 0.25) is 5.91 Å². The third-order valence-electron chi connectivity index (χ3n) is 6.05. The van der Waals surface area contributed by atoms with Gasteiger partial charge in [0.05, 0.1) is 15.2 Å². The van der Waals surface area contributed by atoms with E-state index in [-0.39, 0.29) is 12.0 Å². The minimum atomic E-state index is 0.271. The first kappa shape index (κ1) is 21.1. The predicted octanol–water partition coefficient (Wildman–Crippen LogP) is 3.58. The van der Waals surface area contributed by atoms with E-state index in [2.05, 4.69) is 40.7 Å². The maximum absolute atomic E-state index is 12.7. The van der Waals surface area contributed by atoms with E-state index < -0.39 is 0 Å². The standard InChI is InChI=1S/C23H33N5OS/c1-2-24-23(25-14-7-12-21-27-19-10-5-6-11-20(19)30-21)26-18-13-15-28(16-18)22(29)17-8-3-4-9-17/h5-6,10-11,17-18H,2-4,7-9,12-16H2,1H3,(H2,24,25,26).